The molecule has 0 aromatic carbocycles. The molecule has 0 bridgehead atoms. The number of unbranched alkanes of at least 4 members (excludes halogenated alkanes) is 7. The summed E-state index contributed by atoms with van der Waals surface area (Å²) in [6.45, 7) is 2.21. The van der Waals surface area contributed by atoms with Gasteiger partial charge in [-0.05, 0) is 12.8 Å². The fourth-order valence-electron chi connectivity index (χ4n) is 1.40. The smallest absolute Gasteiger partial charge is 0.870 e. The van der Waals surface area contributed by atoms with Crippen LogP contribution in [-0.4, -0.2) is 11.4 Å². The maximum atomic E-state index is 10.1. The maximum absolute atomic E-state index is 10.1. The van der Waals surface area contributed by atoms with Crippen LogP contribution in [0.1, 0.15) is 64.7 Å². The minimum atomic E-state index is -0.911. The van der Waals surface area contributed by atoms with Crippen molar-refractivity contribution in [3.63, 3.8) is 0 Å². The van der Waals surface area contributed by atoms with Crippen molar-refractivity contribution in [1.29, 1.82) is 0 Å². The zero-order valence-corrected chi connectivity index (χ0v) is 12.8. The molecule has 0 amide bonds. The Kier molecular flexibility index (Phi) is 22.5. The van der Waals surface area contributed by atoms with E-state index < -0.39 is 5.97 Å². The van der Waals surface area contributed by atoms with Crippen LogP contribution < -0.4 is 5.11 Å². The van der Waals surface area contributed by atoms with Crippen molar-refractivity contribution in [1.82, 2.24) is 0 Å². The van der Waals surface area contributed by atoms with E-state index in [4.69, 9.17) is 0 Å². The third-order valence-electron chi connectivity index (χ3n) is 2.23. The van der Waals surface area contributed by atoms with Crippen LogP contribution in [0.3, 0.4) is 0 Å². The number of carbonyl (C=O) groups excluding carboxylic acids is 1. The second-order valence-electron chi connectivity index (χ2n) is 3.60. The van der Waals surface area contributed by atoms with Crippen LogP contribution in [-0.2, 0) is 24.3 Å². The molecule has 0 unspecified atom stereocenters. The number of hydrogen-bond donors (Lipinski definition) is 0. The van der Waals surface area contributed by atoms with Crippen LogP contribution in [0, 0.1) is 0 Å². The van der Waals surface area contributed by atoms with Crippen molar-refractivity contribution < 1.29 is 34.9 Å². The summed E-state index contributed by atoms with van der Waals surface area (Å²) in [4.78, 5) is 10.1. The van der Waals surface area contributed by atoms with E-state index in [2.05, 4.69) is 6.92 Å². The number of carboxylic acid groups (broad SMARTS) is 1. The number of carboxylic acids is 1. The zero-order valence-electron chi connectivity index (χ0n) is 9.83. The summed E-state index contributed by atoms with van der Waals surface area (Å²) in [6, 6.07) is 0. The molecule has 0 saturated heterocycles. The molecule has 0 aliphatic rings. The van der Waals surface area contributed by atoms with Crippen LogP contribution in [0.25, 0.3) is 0 Å². The first-order chi connectivity index (χ1) is 6.27. The van der Waals surface area contributed by atoms with Crippen molar-refractivity contribution in [2.24, 2.45) is 0 Å². The van der Waals surface area contributed by atoms with Crippen LogP contribution >= 0.6 is 0 Å². The standard InChI is InChI=1S/C11H22O2.H2O.Zn/c1-2-3-4-5-6-7-8-9-10-11(12)13;;/h2-10H2,1H3,(H,12,13);1H2;/q;;+2/p-2. The molecule has 0 atom stereocenters. The predicted octanol–water partition coefficient (Wildman–Crippen LogP) is 2.09. The predicted molar refractivity (Wildman–Crippen MR) is 54.2 cm³/mol. The zero-order chi connectivity index (χ0) is 9.94. The summed E-state index contributed by atoms with van der Waals surface area (Å²) in [6.07, 6.45) is 9.75. The van der Waals surface area contributed by atoms with Gasteiger partial charge in [0.05, 0.1) is 0 Å². The van der Waals surface area contributed by atoms with Gasteiger partial charge in [-0.25, -0.2) is 0 Å². The van der Waals surface area contributed by atoms with Crippen molar-refractivity contribution in [2.45, 2.75) is 64.7 Å². The normalized spacial score (nSPS) is 8.87. The Bertz CT molecular complexity index is 129. The van der Waals surface area contributed by atoms with E-state index in [0.29, 0.717) is 0 Å². The molecular weight excluding hydrogens is 246 g/mol. The third-order valence-corrected chi connectivity index (χ3v) is 2.23. The van der Waals surface area contributed by atoms with E-state index in [0.717, 1.165) is 12.8 Å². The minimum absolute atomic E-state index is 0. The van der Waals surface area contributed by atoms with Gasteiger partial charge in [0.15, 0.2) is 0 Å². The molecular formula is C11H22O3Zn. The Labute approximate surface area is 106 Å². The molecule has 4 heteroatoms. The first-order valence-corrected chi connectivity index (χ1v) is 5.47. The van der Waals surface area contributed by atoms with Crippen LogP contribution in [0.2, 0.25) is 0 Å². The van der Waals surface area contributed by atoms with Crippen molar-refractivity contribution in [3.05, 3.63) is 0 Å². The van der Waals surface area contributed by atoms with Crippen molar-refractivity contribution in [2.75, 3.05) is 0 Å². The van der Waals surface area contributed by atoms with Gasteiger partial charge in [-0.15, -0.1) is 0 Å². The van der Waals surface area contributed by atoms with Crippen molar-refractivity contribution >= 4 is 5.97 Å². The summed E-state index contributed by atoms with van der Waals surface area (Å²) in [5.74, 6) is -0.911. The van der Waals surface area contributed by atoms with Crippen LogP contribution in [0.15, 0.2) is 0 Å². The summed E-state index contributed by atoms with van der Waals surface area (Å²) in [5, 5.41) is 10.1. The topological polar surface area (TPSA) is 70.1 Å². The van der Waals surface area contributed by atoms with E-state index in [9.17, 15) is 9.90 Å². The van der Waals surface area contributed by atoms with Gasteiger partial charge in [0, 0.05) is 5.97 Å². The molecule has 3 nitrogen and oxygen atoms in total. The van der Waals surface area contributed by atoms with E-state index in [1.54, 1.807) is 0 Å². The van der Waals surface area contributed by atoms with Gasteiger partial charge in [0.25, 0.3) is 0 Å². The molecule has 0 spiro atoms. The van der Waals surface area contributed by atoms with Gasteiger partial charge in [0.2, 0.25) is 0 Å². The molecule has 0 aliphatic heterocycles. The van der Waals surface area contributed by atoms with Gasteiger partial charge in [-0.2, -0.15) is 0 Å². The monoisotopic (exact) mass is 266 g/mol. The summed E-state index contributed by atoms with van der Waals surface area (Å²) in [5.41, 5.74) is 0. The average molecular weight is 268 g/mol. The van der Waals surface area contributed by atoms with Gasteiger partial charge in [0.1, 0.15) is 0 Å². The van der Waals surface area contributed by atoms with Gasteiger partial charge < -0.3 is 15.4 Å². The Balaban J connectivity index is -0.000000720. The largest absolute Gasteiger partial charge is 2.00 e. The molecule has 0 saturated carbocycles. The Morgan fingerprint density at radius 1 is 0.933 bits per heavy atom. The van der Waals surface area contributed by atoms with Crippen LogP contribution in [0.5, 0.6) is 0 Å². The summed E-state index contributed by atoms with van der Waals surface area (Å²) in [7, 11) is 0. The molecule has 0 aromatic rings. The quantitative estimate of drug-likeness (QED) is 0.474. The average Bonchev–Trinajstić information content (AvgIpc) is 2.09. The molecule has 86 valence electrons. The SMILES string of the molecule is CCCCCCCCCCC(=O)[O-].[OH-].[Zn+2]. The molecule has 0 heterocycles. The van der Waals surface area contributed by atoms with Gasteiger partial charge >= 0.3 is 19.5 Å². The molecule has 15 heavy (non-hydrogen) atoms. The van der Waals surface area contributed by atoms with Gasteiger partial charge in [-0.1, -0.05) is 51.9 Å². The summed E-state index contributed by atoms with van der Waals surface area (Å²) < 4.78 is 0. The van der Waals surface area contributed by atoms with E-state index in [1.165, 1.54) is 38.5 Å². The molecule has 0 radical (unpaired) electrons. The first-order valence-electron chi connectivity index (χ1n) is 5.47. The van der Waals surface area contributed by atoms with E-state index in [-0.39, 0.29) is 31.4 Å². The number of carbonyl (C=O) groups is 1. The number of hydrogen-bond acceptors (Lipinski definition) is 3. The molecule has 0 rings (SSSR count). The Hall–Kier alpha value is 0.0534. The van der Waals surface area contributed by atoms with Crippen LogP contribution in [0.4, 0.5) is 0 Å². The van der Waals surface area contributed by atoms with E-state index >= 15 is 0 Å². The fraction of sp³-hybridized carbons (Fsp3) is 0.909. The molecule has 0 fully saturated rings. The third kappa shape index (κ3) is 20.2. The van der Waals surface area contributed by atoms with E-state index in [1.807, 2.05) is 0 Å². The first kappa shape index (κ1) is 20.5. The van der Waals surface area contributed by atoms with Gasteiger partial charge in [-0.3, -0.25) is 0 Å². The van der Waals surface area contributed by atoms with Crippen molar-refractivity contribution in [3.8, 4) is 0 Å². The summed E-state index contributed by atoms with van der Waals surface area (Å²) >= 11 is 0. The fourth-order valence-corrected chi connectivity index (χ4v) is 1.40. The molecule has 0 aromatic heterocycles. The minimum Gasteiger partial charge on any atom is -0.870 e. The second-order valence-corrected chi connectivity index (χ2v) is 3.60. The molecule has 0 aliphatic carbocycles. The number of aliphatic carboxylic acids is 1. The second kappa shape index (κ2) is 16.5. The maximum Gasteiger partial charge on any atom is 2.00 e. The number of rotatable bonds is 9. The molecule has 1 N–H and O–H groups in total. The Morgan fingerprint density at radius 3 is 1.73 bits per heavy atom. The Morgan fingerprint density at radius 2 is 1.33 bits per heavy atom.